The third-order valence-corrected chi connectivity index (χ3v) is 5.93. The predicted molar refractivity (Wildman–Crippen MR) is 119 cm³/mol. The summed E-state index contributed by atoms with van der Waals surface area (Å²) in [6, 6.07) is 10.7. The Morgan fingerprint density at radius 3 is 2.71 bits per heavy atom. The molecule has 140 valence electrons. The van der Waals surface area contributed by atoms with E-state index in [9.17, 15) is 9.59 Å². The second kappa shape index (κ2) is 7.20. The minimum Gasteiger partial charge on any atom is -0.463 e. The molecular weight excluding hydrogens is 414 g/mol. The number of nitrogens with zero attached hydrogens (tertiary/aromatic N) is 1. The molecule has 1 aliphatic rings. The van der Waals surface area contributed by atoms with Gasteiger partial charge in [0.1, 0.15) is 11.8 Å². The lowest BCUT2D eigenvalue weighted by Gasteiger charge is -2.14. The van der Waals surface area contributed by atoms with Crippen molar-refractivity contribution in [3.63, 3.8) is 0 Å². The molecule has 0 atom stereocenters. The normalized spacial score (nSPS) is 15.8. The standard InChI is InChI=1S/C21H14ClNO3S2/c1-11-6-12(2)18-16(7-11)26-10-13(19(18)24)8-17-20(25)23(21(27)28-17)15-5-3-4-14(22)9-15/h3-10H,1-2H3. The van der Waals surface area contributed by atoms with E-state index < -0.39 is 0 Å². The largest absolute Gasteiger partial charge is 0.463 e. The summed E-state index contributed by atoms with van der Waals surface area (Å²) in [6.45, 7) is 3.82. The summed E-state index contributed by atoms with van der Waals surface area (Å²) >= 11 is 12.5. The van der Waals surface area contributed by atoms with Crippen molar-refractivity contribution in [2.45, 2.75) is 13.8 Å². The smallest absolute Gasteiger partial charge is 0.270 e. The number of anilines is 1. The molecule has 2 aromatic carbocycles. The Morgan fingerprint density at radius 2 is 1.96 bits per heavy atom. The Morgan fingerprint density at radius 1 is 1.18 bits per heavy atom. The highest BCUT2D eigenvalue weighted by Gasteiger charge is 2.33. The second-order valence-corrected chi connectivity index (χ2v) is 8.58. The highest BCUT2D eigenvalue weighted by Crippen LogP contribution is 2.36. The van der Waals surface area contributed by atoms with Gasteiger partial charge in [-0.15, -0.1) is 0 Å². The van der Waals surface area contributed by atoms with Crippen molar-refractivity contribution in [3.8, 4) is 0 Å². The van der Waals surface area contributed by atoms with Crippen LogP contribution in [0, 0.1) is 13.8 Å². The van der Waals surface area contributed by atoms with Crippen LogP contribution >= 0.6 is 35.6 Å². The van der Waals surface area contributed by atoms with Crippen LogP contribution in [-0.2, 0) is 4.79 Å². The molecule has 7 heteroatoms. The van der Waals surface area contributed by atoms with E-state index in [4.69, 9.17) is 28.2 Å². The first-order valence-corrected chi connectivity index (χ1v) is 10.0. The van der Waals surface area contributed by atoms with Gasteiger partial charge in [-0.05, 0) is 55.3 Å². The fraction of sp³-hybridized carbons (Fsp3) is 0.0952. The van der Waals surface area contributed by atoms with Gasteiger partial charge >= 0.3 is 0 Å². The number of thiocarbonyl (C=S) groups is 1. The minimum absolute atomic E-state index is 0.174. The average molecular weight is 428 g/mol. The van der Waals surface area contributed by atoms with Crippen molar-refractivity contribution in [2.75, 3.05) is 4.90 Å². The van der Waals surface area contributed by atoms with E-state index in [-0.39, 0.29) is 11.3 Å². The van der Waals surface area contributed by atoms with E-state index >= 15 is 0 Å². The number of carbonyl (C=O) groups excluding carboxylic acids is 1. The van der Waals surface area contributed by atoms with E-state index in [2.05, 4.69) is 0 Å². The Labute approximate surface area is 175 Å². The molecule has 2 heterocycles. The Balaban J connectivity index is 1.78. The molecule has 0 saturated carbocycles. The number of hydrogen-bond acceptors (Lipinski definition) is 5. The van der Waals surface area contributed by atoms with Crippen LogP contribution in [0.3, 0.4) is 0 Å². The molecular formula is C21H14ClNO3S2. The number of thioether (sulfide) groups is 1. The molecule has 1 amide bonds. The topological polar surface area (TPSA) is 50.5 Å². The molecule has 0 spiro atoms. The quantitative estimate of drug-likeness (QED) is 0.401. The zero-order chi connectivity index (χ0) is 20.0. The van der Waals surface area contributed by atoms with E-state index in [0.29, 0.717) is 36.5 Å². The molecule has 4 nitrogen and oxygen atoms in total. The number of halogens is 1. The highest BCUT2D eigenvalue weighted by molar-refractivity contribution is 8.27. The van der Waals surface area contributed by atoms with Crippen LogP contribution in [-0.4, -0.2) is 10.2 Å². The fourth-order valence-electron chi connectivity index (χ4n) is 3.18. The van der Waals surface area contributed by atoms with Crippen LogP contribution in [0.15, 0.2) is 56.8 Å². The summed E-state index contributed by atoms with van der Waals surface area (Å²) in [6.07, 6.45) is 2.92. The van der Waals surface area contributed by atoms with Crippen LogP contribution in [0.5, 0.6) is 0 Å². The van der Waals surface area contributed by atoms with Crippen molar-refractivity contribution < 1.29 is 9.21 Å². The van der Waals surface area contributed by atoms with Gasteiger partial charge in [0.05, 0.1) is 21.5 Å². The number of rotatable bonds is 2. The molecule has 1 aliphatic heterocycles. The van der Waals surface area contributed by atoms with Crippen molar-refractivity contribution in [1.82, 2.24) is 0 Å². The van der Waals surface area contributed by atoms with Gasteiger partial charge in [-0.1, -0.05) is 47.7 Å². The monoisotopic (exact) mass is 427 g/mol. The lowest BCUT2D eigenvalue weighted by atomic mass is 10.0. The van der Waals surface area contributed by atoms with Gasteiger partial charge in [-0.25, -0.2) is 0 Å². The maximum Gasteiger partial charge on any atom is 0.270 e. The summed E-state index contributed by atoms with van der Waals surface area (Å²) in [5.41, 5.74) is 3.12. The predicted octanol–water partition coefficient (Wildman–Crippen LogP) is 5.47. The molecule has 3 aromatic rings. The van der Waals surface area contributed by atoms with E-state index in [1.807, 2.05) is 26.0 Å². The van der Waals surface area contributed by atoms with Crippen LogP contribution in [0.2, 0.25) is 5.02 Å². The Bertz CT molecular complexity index is 1250. The van der Waals surface area contributed by atoms with Crippen molar-refractivity contribution in [3.05, 3.63) is 79.5 Å². The highest BCUT2D eigenvalue weighted by atomic mass is 35.5. The number of carbonyl (C=O) groups is 1. The number of amides is 1. The summed E-state index contributed by atoms with van der Waals surface area (Å²) in [4.78, 5) is 27.6. The molecule has 0 N–H and O–H groups in total. The number of hydrogen-bond donors (Lipinski definition) is 0. The first kappa shape index (κ1) is 18.9. The molecule has 0 bridgehead atoms. The lowest BCUT2D eigenvalue weighted by Crippen LogP contribution is -2.27. The number of benzene rings is 2. The minimum atomic E-state index is -0.294. The first-order chi connectivity index (χ1) is 13.3. The van der Waals surface area contributed by atoms with Gasteiger partial charge in [0, 0.05) is 5.02 Å². The SMILES string of the molecule is Cc1cc(C)c2c(=O)c(C=C3SC(=S)N(c4cccc(Cl)c4)C3=O)coc2c1. The lowest BCUT2D eigenvalue weighted by molar-refractivity contribution is -0.113. The third kappa shape index (κ3) is 3.28. The maximum atomic E-state index is 12.9. The van der Waals surface area contributed by atoms with E-state index in [1.54, 1.807) is 24.3 Å². The number of fused-ring (bicyclic) bond motifs is 1. The average Bonchev–Trinajstić information content (AvgIpc) is 2.90. The van der Waals surface area contributed by atoms with Gasteiger partial charge in [-0.2, -0.15) is 0 Å². The first-order valence-electron chi connectivity index (χ1n) is 8.41. The van der Waals surface area contributed by atoms with Gasteiger partial charge < -0.3 is 4.42 Å². The van der Waals surface area contributed by atoms with Crippen LogP contribution in [0.4, 0.5) is 5.69 Å². The fourth-order valence-corrected chi connectivity index (χ4v) is 4.66. The maximum absolute atomic E-state index is 12.9. The molecule has 28 heavy (non-hydrogen) atoms. The van der Waals surface area contributed by atoms with Crippen LogP contribution < -0.4 is 10.3 Å². The summed E-state index contributed by atoms with van der Waals surface area (Å²) < 4.78 is 6.04. The zero-order valence-electron chi connectivity index (χ0n) is 15.0. The van der Waals surface area contributed by atoms with Crippen molar-refractivity contribution >= 4 is 68.5 Å². The van der Waals surface area contributed by atoms with E-state index in [1.165, 1.54) is 17.2 Å². The molecule has 0 unspecified atom stereocenters. The summed E-state index contributed by atoms with van der Waals surface area (Å²) in [7, 11) is 0. The summed E-state index contributed by atoms with van der Waals surface area (Å²) in [5, 5.41) is 1.03. The second-order valence-electron chi connectivity index (χ2n) is 6.47. The Kier molecular flexibility index (Phi) is 4.87. The van der Waals surface area contributed by atoms with Crippen molar-refractivity contribution in [2.24, 2.45) is 0 Å². The zero-order valence-corrected chi connectivity index (χ0v) is 17.4. The van der Waals surface area contributed by atoms with E-state index in [0.717, 1.165) is 22.9 Å². The molecule has 1 saturated heterocycles. The molecule has 0 aliphatic carbocycles. The number of aryl methyl sites for hydroxylation is 2. The third-order valence-electron chi connectivity index (χ3n) is 4.39. The molecule has 1 fully saturated rings. The van der Waals surface area contributed by atoms with Gasteiger partial charge in [-0.3, -0.25) is 14.5 Å². The Hall–Kier alpha value is -2.41. The van der Waals surface area contributed by atoms with Gasteiger partial charge in [0.2, 0.25) is 0 Å². The van der Waals surface area contributed by atoms with Gasteiger partial charge in [0.25, 0.3) is 5.91 Å². The summed E-state index contributed by atoms with van der Waals surface area (Å²) in [5.74, 6) is -0.294. The molecule has 4 rings (SSSR count). The molecule has 1 aromatic heterocycles. The van der Waals surface area contributed by atoms with Crippen LogP contribution in [0.1, 0.15) is 16.7 Å². The van der Waals surface area contributed by atoms with Crippen LogP contribution in [0.25, 0.3) is 17.0 Å². The van der Waals surface area contributed by atoms with Crippen molar-refractivity contribution in [1.29, 1.82) is 0 Å². The van der Waals surface area contributed by atoms with Gasteiger partial charge in [0.15, 0.2) is 9.75 Å². The molecule has 0 radical (unpaired) electrons.